The van der Waals surface area contributed by atoms with Crippen LogP contribution in [0.1, 0.15) is 25.5 Å². The molecule has 0 fully saturated rings. The molecule has 2 N–H and O–H groups in total. The Bertz CT molecular complexity index is 960. The van der Waals surface area contributed by atoms with Crippen LogP contribution in [0.25, 0.3) is 22.2 Å². The second-order valence-corrected chi connectivity index (χ2v) is 8.20. The number of rotatable bonds is 7. The third-order valence-electron chi connectivity index (χ3n) is 4.19. The summed E-state index contributed by atoms with van der Waals surface area (Å²) in [5.74, 6) is -0.0249. The van der Waals surface area contributed by atoms with Gasteiger partial charge in [-0.15, -0.1) is 0 Å². The highest BCUT2D eigenvalue weighted by Crippen LogP contribution is 2.28. The predicted octanol–water partition coefficient (Wildman–Crippen LogP) is 3.66. The number of fused-ring (bicyclic) bond motifs is 1. The minimum absolute atomic E-state index is 0.0249. The molecule has 25 heavy (non-hydrogen) atoms. The highest BCUT2D eigenvalue weighted by atomic mass is 32.2. The topological polar surface area (TPSA) is 74.8 Å². The standard InChI is InChI=1S/C19H23N3O2S/c1-3-4-10-20-13-25(23,24)16-7-5-15(6-8-16)17-9-11-21-19-18(17)12-14(2)22-19/h5-9,11-12,20H,3-4,10,13H2,1-2H3,(H,21,22). The van der Waals surface area contributed by atoms with Gasteiger partial charge in [-0.05, 0) is 55.3 Å². The van der Waals surface area contributed by atoms with Crippen molar-refractivity contribution in [3.05, 3.63) is 48.3 Å². The van der Waals surface area contributed by atoms with Crippen molar-refractivity contribution in [1.82, 2.24) is 15.3 Å². The highest BCUT2D eigenvalue weighted by molar-refractivity contribution is 7.91. The number of nitrogens with zero attached hydrogens (tertiary/aromatic N) is 1. The Morgan fingerprint density at radius 3 is 2.64 bits per heavy atom. The molecule has 2 heterocycles. The minimum atomic E-state index is -3.31. The predicted molar refractivity (Wildman–Crippen MR) is 101 cm³/mol. The molecule has 132 valence electrons. The lowest BCUT2D eigenvalue weighted by Gasteiger charge is -2.08. The van der Waals surface area contributed by atoms with Crippen LogP contribution in [0.2, 0.25) is 0 Å². The second kappa shape index (κ2) is 7.37. The quantitative estimate of drug-likeness (QED) is 0.633. The molecule has 1 aromatic carbocycles. The van der Waals surface area contributed by atoms with E-state index in [1.807, 2.05) is 25.1 Å². The maximum absolute atomic E-state index is 12.4. The zero-order chi connectivity index (χ0) is 17.9. The third-order valence-corrected chi connectivity index (χ3v) is 5.76. The Balaban J connectivity index is 1.84. The summed E-state index contributed by atoms with van der Waals surface area (Å²) in [6, 6.07) is 11.1. The van der Waals surface area contributed by atoms with E-state index in [4.69, 9.17) is 0 Å². The van der Waals surface area contributed by atoms with Gasteiger partial charge in [-0.1, -0.05) is 25.5 Å². The van der Waals surface area contributed by atoms with Gasteiger partial charge in [-0.3, -0.25) is 0 Å². The van der Waals surface area contributed by atoms with Crippen molar-refractivity contribution in [2.24, 2.45) is 0 Å². The van der Waals surface area contributed by atoms with Crippen molar-refractivity contribution < 1.29 is 8.42 Å². The molecule has 0 atom stereocenters. The molecular formula is C19H23N3O2S. The normalized spacial score (nSPS) is 11.9. The molecule has 2 aromatic heterocycles. The fraction of sp³-hybridized carbons (Fsp3) is 0.316. The average Bonchev–Trinajstić information content (AvgIpc) is 2.99. The van der Waals surface area contributed by atoms with E-state index >= 15 is 0 Å². The molecule has 0 aliphatic heterocycles. The molecule has 6 heteroatoms. The van der Waals surface area contributed by atoms with Crippen molar-refractivity contribution in [1.29, 1.82) is 0 Å². The molecule has 0 radical (unpaired) electrons. The summed E-state index contributed by atoms with van der Waals surface area (Å²) in [6.45, 7) is 4.79. The number of H-pyrrole nitrogens is 1. The lowest BCUT2D eigenvalue weighted by atomic mass is 10.0. The van der Waals surface area contributed by atoms with Crippen LogP contribution in [0.3, 0.4) is 0 Å². The molecule has 0 unspecified atom stereocenters. The van der Waals surface area contributed by atoms with E-state index in [-0.39, 0.29) is 5.88 Å². The summed E-state index contributed by atoms with van der Waals surface area (Å²) in [5, 5.41) is 4.04. The van der Waals surface area contributed by atoms with E-state index in [0.29, 0.717) is 4.90 Å². The smallest absolute Gasteiger partial charge is 0.191 e. The SMILES string of the molecule is CCCCNCS(=O)(=O)c1ccc(-c2ccnc3[nH]c(C)cc23)cc1. The average molecular weight is 357 g/mol. The van der Waals surface area contributed by atoms with E-state index in [1.54, 1.807) is 18.3 Å². The van der Waals surface area contributed by atoms with Crippen LogP contribution in [-0.2, 0) is 9.84 Å². The molecule has 0 saturated heterocycles. The molecule has 3 rings (SSSR count). The van der Waals surface area contributed by atoms with Gasteiger partial charge in [0.25, 0.3) is 0 Å². The largest absolute Gasteiger partial charge is 0.344 e. The zero-order valence-electron chi connectivity index (χ0n) is 14.5. The summed E-state index contributed by atoms with van der Waals surface area (Å²) >= 11 is 0. The molecule has 0 bridgehead atoms. The maximum atomic E-state index is 12.4. The van der Waals surface area contributed by atoms with E-state index in [1.165, 1.54) is 0 Å². The molecule has 0 amide bonds. The molecule has 5 nitrogen and oxygen atoms in total. The number of aromatic nitrogens is 2. The fourth-order valence-corrected chi connectivity index (χ4v) is 3.97. The highest BCUT2D eigenvalue weighted by Gasteiger charge is 2.14. The number of aromatic amines is 1. The Morgan fingerprint density at radius 2 is 1.92 bits per heavy atom. The van der Waals surface area contributed by atoms with Gasteiger partial charge in [0, 0.05) is 17.3 Å². The van der Waals surface area contributed by atoms with Crippen LogP contribution < -0.4 is 5.32 Å². The second-order valence-electron chi connectivity index (χ2n) is 6.21. The van der Waals surface area contributed by atoms with E-state index in [0.717, 1.165) is 47.2 Å². The van der Waals surface area contributed by atoms with E-state index in [9.17, 15) is 8.42 Å². The third kappa shape index (κ3) is 3.91. The summed E-state index contributed by atoms with van der Waals surface area (Å²) in [6.07, 6.45) is 3.78. The lowest BCUT2D eigenvalue weighted by Crippen LogP contribution is -2.24. The van der Waals surface area contributed by atoms with Crippen LogP contribution in [0, 0.1) is 6.92 Å². The van der Waals surface area contributed by atoms with Gasteiger partial charge in [-0.25, -0.2) is 13.4 Å². The van der Waals surface area contributed by atoms with Gasteiger partial charge < -0.3 is 10.3 Å². The van der Waals surface area contributed by atoms with Crippen molar-refractivity contribution in [2.75, 3.05) is 12.4 Å². The van der Waals surface area contributed by atoms with Gasteiger partial charge in [0.1, 0.15) is 11.5 Å². The number of sulfone groups is 1. The first-order valence-corrected chi connectivity index (χ1v) is 10.1. The number of nitrogens with one attached hydrogen (secondary N) is 2. The van der Waals surface area contributed by atoms with Crippen LogP contribution >= 0.6 is 0 Å². The first-order valence-electron chi connectivity index (χ1n) is 8.49. The summed E-state index contributed by atoms with van der Waals surface area (Å²) in [4.78, 5) is 7.90. The minimum Gasteiger partial charge on any atom is -0.344 e. The van der Waals surface area contributed by atoms with Crippen LogP contribution in [0.4, 0.5) is 0 Å². The fourth-order valence-electron chi connectivity index (χ4n) is 2.84. The van der Waals surface area contributed by atoms with Crippen LogP contribution in [-0.4, -0.2) is 30.8 Å². The zero-order valence-corrected chi connectivity index (χ0v) is 15.4. The summed E-state index contributed by atoms with van der Waals surface area (Å²) in [5.41, 5.74) is 3.91. The maximum Gasteiger partial charge on any atom is 0.191 e. The van der Waals surface area contributed by atoms with Crippen LogP contribution in [0.15, 0.2) is 47.5 Å². The Labute approximate surface area is 148 Å². The molecule has 0 spiro atoms. The Hall–Kier alpha value is -2.18. The van der Waals surface area contributed by atoms with Gasteiger partial charge in [-0.2, -0.15) is 0 Å². The van der Waals surface area contributed by atoms with Crippen molar-refractivity contribution in [3.63, 3.8) is 0 Å². The Kier molecular flexibility index (Phi) is 5.20. The number of hydrogen-bond donors (Lipinski definition) is 2. The van der Waals surface area contributed by atoms with Gasteiger partial charge in [0.15, 0.2) is 9.84 Å². The van der Waals surface area contributed by atoms with Crippen molar-refractivity contribution in [2.45, 2.75) is 31.6 Å². The van der Waals surface area contributed by atoms with Crippen molar-refractivity contribution in [3.8, 4) is 11.1 Å². The molecule has 0 aliphatic carbocycles. The lowest BCUT2D eigenvalue weighted by molar-refractivity contribution is 0.584. The summed E-state index contributed by atoms with van der Waals surface area (Å²) in [7, 11) is -3.31. The number of aryl methyl sites for hydroxylation is 1. The number of unbranched alkanes of at least 4 members (excludes halogenated alkanes) is 1. The number of hydrogen-bond acceptors (Lipinski definition) is 4. The molecular weight excluding hydrogens is 334 g/mol. The Morgan fingerprint density at radius 1 is 1.16 bits per heavy atom. The van der Waals surface area contributed by atoms with Gasteiger partial charge >= 0.3 is 0 Å². The van der Waals surface area contributed by atoms with Gasteiger partial charge in [0.2, 0.25) is 0 Å². The van der Waals surface area contributed by atoms with Crippen molar-refractivity contribution >= 4 is 20.9 Å². The molecule has 0 saturated carbocycles. The first-order chi connectivity index (χ1) is 12.0. The molecule has 0 aliphatic rings. The molecule has 3 aromatic rings. The van der Waals surface area contributed by atoms with Crippen LogP contribution in [0.5, 0.6) is 0 Å². The van der Waals surface area contributed by atoms with E-state index < -0.39 is 9.84 Å². The first kappa shape index (κ1) is 17.6. The number of pyridine rings is 1. The monoisotopic (exact) mass is 357 g/mol. The summed E-state index contributed by atoms with van der Waals surface area (Å²) < 4.78 is 24.8. The van der Waals surface area contributed by atoms with E-state index in [2.05, 4.69) is 28.3 Å². The number of benzene rings is 1. The van der Waals surface area contributed by atoms with Gasteiger partial charge in [0.05, 0.1) is 4.90 Å².